The zero-order chi connectivity index (χ0) is 11.4. The van der Waals surface area contributed by atoms with Crippen molar-refractivity contribution in [1.82, 2.24) is 9.97 Å². The molecule has 0 saturated carbocycles. The number of hydrogen-bond donors (Lipinski definition) is 1. The summed E-state index contributed by atoms with van der Waals surface area (Å²) < 4.78 is 0. The van der Waals surface area contributed by atoms with Crippen LogP contribution in [0.15, 0.2) is 29.3 Å². The van der Waals surface area contributed by atoms with Gasteiger partial charge in [-0.3, -0.25) is 0 Å². The lowest BCUT2D eigenvalue weighted by Gasteiger charge is -2.07. The highest BCUT2D eigenvalue weighted by Gasteiger charge is 2.06. The van der Waals surface area contributed by atoms with Gasteiger partial charge in [-0.05, 0) is 18.7 Å². The predicted molar refractivity (Wildman–Crippen MR) is 70.1 cm³/mol. The monoisotopic (exact) mass is 233 g/mol. The first kappa shape index (κ1) is 11.2. The van der Waals surface area contributed by atoms with Crippen LogP contribution in [-0.4, -0.2) is 22.3 Å². The molecule has 0 unspecified atom stereocenters. The molecule has 1 N–H and O–H groups in total. The number of hydrogen-bond acceptors (Lipinski definition) is 4. The maximum Gasteiger partial charge on any atom is 0.224 e. The van der Waals surface area contributed by atoms with E-state index in [1.165, 1.54) is 0 Å². The number of nitrogens with zero attached hydrogens (tertiary/aromatic N) is 2. The highest BCUT2D eigenvalue weighted by Crippen LogP contribution is 2.25. The zero-order valence-electron chi connectivity index (χ0n) is 9.53. The summed E-state index contributed by atoms with van der Waals surface area (Å²) >= 11 is 1.75. The molecule has 0 aliphatic heterocycles. The van der Waals surface area contributed by atoms with Crippen LogP contribution in [0.2, 0.25) is 0 Å². The van der Waals surface area contributed by atoms with Gasteiger partial charge < -0.3 is 5.32 Å². The van der Waals surface area contributed by atoms with Gasteiger partial charge in [-0.1, -0.05) is 25.1 Å². The van der Waals surface area contributed by atoms with E-state index in [0.29, 0.717) is 0 Å². The number of aromatic nitrogens is 2. The summed E-state index contributed by atoms with van der Waals surface area (Å²) in [5.41, 5.74) is 1.00. The van der Waals surface area contributed by atoms with Crippen molar-refractivity contribution < 1.29 is 0 Å². The Morgan fingerprint density at radius 3 is 2.75 bits per heavy atom. The molecule has 0 aliphatic carbocycles. The van der Waals surface area contributed by atoms with E-state index in [0.717, 1.165) is 34.2 Å². The molecule has 1 aromatic carbocycles. The molecule has 0 radical (unpaired) electrons. The number of benzene rings is 1. The van der Waals surface area contributed by atoms with Crippen LogP contribution in [0, 0.1) is 0 Å². The van der Waals surface area contributed by atoms with Gasteiger partial charge in [0.2, 0.25) is 5.95 Å². The van der Waals surface area contributed by atoms with Crippen molar-refractivity contribution in [3.8, 4) is 0 Å². The van der Waals surface area contributed by atoms with Gasteiger partial charge >= 0.3 is 0 Å². The fourth-order valence-electron chi connectivity index (χ4n) is 1.53. The number of para-hydroxylation sites is 1. The second-order valence-electron chi connectivity index (χ2n) is 3.33. The first-order chi connectivity index (χ1) is 7.85. The van der Waals surface area contributed by atoms with Crippen LogP contribution in [0.4, 0.5) is 5.95 Å². The van der Waals surface area contributed by atoms with E-state index in [1.54, 1.807) is 11.8 Å². The van der Waals surface area contributed by atoms with Crippen molar-refractivity contribution in [1.29, 1.82) is 0 Å². The lowest BCUT2D eigenvalue weighted by atomic mass is 10.2. The Balaban J connectivity index is 2.54. The molecule has 1 heterocycles. The fourth-order valence-corrected chi connectivity index (χ4v) is 2.28. The molecule has 0 saturated heterocycles. The Labute approximate surface area is 99.7 Å². The van der Waals surface area contributed by atoms with E-state index in [-0.39, 0.29) is 0 Å². The van der Waals surface area contributed by atoms with Gasteiger partial charge in [0.25, 0.3) is 0 Å². The summed E-state index contributed by atoms with van der Waals surface area (Å²) in [6.07, 6.45) is 0. The molecular weight excluding hydrogens is 218 g/mol. The van der Waals surface area contributed by atoms with Crippen LogP contribution in [0.1, 0.15) is 13.8 Å². The number of thioether (sulfide) groups is 1. The van der Waals surface area contributed by atoms with Crippen LogP contribution >= 0.6 is 11.8 Å². The van der Waals surface area contributed by atoms with Crippen LogP contribution in [0.5, 0.6) is 0 Å². The van der Waals surface area contributed by atoms with E-state index in [4.69, 9.17) is 0 Å². The molecule has 4 heteroatoms. The van der Waals surface area contributed by atoms with E-state index in [2.05, 4.69) is 28.3 Å². The number of fused-ring (bicyclic) bond motifs is 1. The van der Waals surface area contributed by atoms with Crippen LogP contribution in [0.3, 0.4) is 0 Å². The number of nitrogens with one attached hydrogen (secondary N) is 1. The lowest BCUT2D eigenvalue weighted by molar-refractivity contribution is 1.05. The molecule has 0 spiro atoms. The molecule has 2 rings (SSSR count). The fraction of sp³-hybridized carbons (Fsp3) is 0.333. The Kier molecular flexibility index (Phi) is 3.62. The summed E-state index contributed by atoms with van der Waals surface area (Å²) in [6, 6.07) is 8.13. The van der Waals surface area contributed by atoms with E-state index in [1.807, 2.05) is 25.1 Å². The highest BCUT2D eigenvalue weighted by molar-refractivity contribution is 7.99. The third kappa shape index (κ3) is 2.27. The predicted octanol–water partition coefficient (Wildman–Crippen LogP) is 3.17. The van der Waals surface area contributed by atoms with Crippen molar-refractivity contribution in [2.45, 2.75) is 18.9 Å². The quantitative estimate of drug-likeness (QED) is 0.650. The molecule has 0 amide bonds. The molecule has 84 valence electrons. The second-order valence-corrected chi connectivity index (χ2v) is 4.59. The molecule has 0 bridgehead atoms. The van der Waals surface area contributed by atoms with Gasteiger partial charge in [0.15, 0.2) is 0 Å². The van der Waals surface area contributed by atoms with Gasteiger partial charge in [-0.2, -0.15) is 0 Å². The van der Waals surface area contributed by atoms with Crippen LogP contribution in [-0.2, 0) is 0 Å². The van der Waals surface area contributed by atoms with Crippen molar-refractivity contribution in [3.05, 3.63) is 24.3 Å². The molecule has 1 aromatic heterocycles. The molecule has 2 aromatic rings. The SMILES string of the molecule is CCNc1nc(SCC)c2ccccc2n1. The summed E-state index contributed by atoms with van der Waals surface area (Å²) in [5, 5.41) is 5.36. The lowest BCUT2D eigenvalue weighted by Crippen LogP contribution is -2.03. The van der Waals surface area contributed by atoms with Gasteiger partial charge in [-0.25, -0.2) is 9.97 Å². The van der Waals surface area contributed by atoms with E-state index < -0.39 is 0 Å². The van der Waals surface area contributed by atoms with Crippen molar-refractivity contribution in [3.63, 3.8) is 0 Å². The summed E-state index contributed by atoms with van der Waals surface area (Å²) in [7, 11) is 0. The first-order valence-corrected chi connectivity index (χ1v) is 6.47. The zero-order valence-corrected chi connectivity index (χ0v) is 10.3. The van der Waals surface area contributed by atoms with Gasteiger partial charge in [0.1, 0.15) is 5.03 Å². The average Bonchev–Trinajstić information content (AvgIpc) is 2.30. The number of rotatable bonds is 4. The maximum atomic E-state index is 4.52. The van der Waals surface area contributed by atoms with E-state index in [9.17, 15) is 0 Å². The smallest absolute Gasteiger partial charge is 0.224 e. The standard InChI is InChI=1S/C12H15N3S/c1-3-13-12-14-10-8-6-5-7-9(10)11(15-12)16-4-2/h5-8H,3-4H2,1-2H3,(H,13,14,15). The summed E-state index contributed by atoms with van der Waals surface area (Å²) in [6.45, 7) is 5.02. The second kappa shape index (κ2) is 5.16. The minimum Gasteiger partial charge on any atom is -0.354 e. The first-order valence-electron chi connectivity index (χ1n) is 5.48. The van der Waals surface area contributed by atoms with E-state index >= 15 is 0 Å². The largest absolute Gasteiger partial charge is 0.354 e. The maximum absolute atomic E-state index is 4.52. The normalized spacial score (nSPS) is 10.6. The van der Waals surface area contributed by atoms with Crippen LogP contribution < -0.4 is 5.32 Å². The van der Waals surface area contributed by atoms with Gasteiger partial charge in [0.05, 0.1) is 5.52 Å². The number of anilines is 1. The van der Waals surface area contributed by atoms with Crippen LogP contribution in [0.25, 0.3) is 10.9 Å². The molecule has 0 atom stereocenters. The Bertz CT molecular complexity index is 485. The highest BCUT2D eigenvalue weighted by atomic mass is 32.2. The Hall–Kier alpha value is -1.29. The van der Waals surface area contributed by atoms with Crippen molar-refractivity contribution in [2.24, 2.45) is 0 Å². The minimum atomic E-state index is 0.720. The third-order valence-electron chi connectivity index (χ3n) is 2.18. The molecular formula is C12H15N3S. The molecule has 3 nitrogen and oxygen atoms in total. The summed E-state index contributed by atoms with van der Waals surface area (Å²) in [5.74, 6) is 1.74. The molecule has 0 aliphatic rings. The topological polar surface area (TPSA) is 37.8 Å². The summed E-state index contributed by atoms with van der Waals surface area (Å²) in [4.78, 5) is 8.99. The molecule has 0 fully saturated rings. The Morgan fingerprint density at radius 2 is 2.00 bits per heavy atom. The average molecular weight is 233 g/mol. The Morgan fingerprint density at radius 1 is 1.19 bits per heavy atom. The minimum absolute atomic E-state index is 0.720. The van der Waals surface area contributed by atoms with Gasteiger partial charge in [0, 0.05) is 11.9 Å². The third-order valence-corrected chi connectivity index (χ3v) is 3.06. The van der Waals surface area contributed by atoms with Crippen molar-refractivity contribution >= 4 is 28.6 Å². The van der Waals surface area contributed by atoms with Crippen molar-refractivity contribution in [2.75, 3.05) is 17.6 Å². The molecule has 16 heavy (non-hydrogen) atoms. The van der Waals surface area contributed by atoms with Gasteiger partial charge in [-0.15, -0.1) is 11.8 Å².